The van der Waals surface area contributed by atoms with Gasteiger partial charge in [0.1, 0.15) is 5.69 Å². The van der Waals surface area contributed by atoms with Gasteiger partial charge in [-0.1, -0.05) is 12.1 Å². The summed E-state index contributed by atoms with van der Waals surface area (Å²) in [6.07, 6.45) is -4.77. The molecule has 6 nitrogen and oxygen atoms in total. The van der Waals surface area contributed by atoms with Crippen molar-refractivity contribution < 1.29 is 28.0 Å². The summed E-state index contributed by atoms with van der Waals surface area (Å²) in [5, 5.41) is 20.0. The van der Waals surface area contributed by atoms with E-state index in [0.717, 1.165) is 19.1 Å². The first kappa shape index (κ1) is 16.4. The van der Waals surface area contributed by atoms with E-state index in [0.29, 0.717) is 6.07 Å². The van der Waals surface area contributed by atoms with Gasteiger partial charge >= 0.3 is 12.1 Å². The first-order valence-corrected chi connectivity index (χ1v) is 6.18. The summed E-state index contributed by atoms with van der Waals surface area (Å²) < 4.78 is 38.7. The molecule has 0 saturated heterocycles. The average molecular weight is 326 g/mol. The molecular formula is C14H9F3N2O4. The van der Waals surface area contributed by atoms with E-state index in [9.17, 15) is 33.2 Å². The Hall–Kier alpha value is -2.97. The summed E-state index contributed by atoms with van der Waals surface area (Å²) in [5.41, 5.74) is -2.66. The lowest BCUT2D eigenvalue weighted by Gasteiger charge is -2.13. The van der Waals surface area contributed by atoms with Crippen LogP contribution >= 0.6 is 0 Å². The van der Waals surface area contributed by atoms with Crippen LogP contribution in [0.1, 0.15) is 21.7 Å². The lowest BCUT2D eigenvalue weighted by Crippen LogP contribution is -2.13. The van der Waals surface area contributed by atoms with Crippen molar-refractivity contribution in [3.63, 3.8) is 0 Å². The number of hydrogen-bond donors (Lipinski definition) is 1. The first-order valence-electron chi connectivity index (χ1n) is 6.18. The number of benzene rings is 1. The summed E-state index contributed by atoms with van der Waals surface area (Å²) in [4.78, 5) is 24.7. The zero-order chi connectivity index (χ0) is 17.4. The maximum absolute atomic E-state index is 12.9. The minimum absolute atomic E-state index is 0.00685. The molecule has 0 radical (unpaired) electrons. The summed E-state index contributed by atoms with van der Waals surface area (Å²) in [6.45, 7) is 1.14. The molecule has 9 heteroatoms. The van der Waals surface area contributed by atoms with Crippen LogP contribution in [-0.4, -0.2) is 21.0 Å². The number of halogens is 3. The summed E-state index contributed by atoms with van der Waals surface area (Å²) in [5.74, 6) is -1.47. The standard InChI is InChI=1S/C14H9F3N2O4/c1-7-12(13(20)21)10(6-11(18-7)14(15,16)17)8-3-2-4-9(5-8)19(22)23/h2-6H,1H3,(H,20,21). The molecule has 1 aromatic carbocycles. The molecule has 0 fully saturated rings. The molecule has 23 heavy (non-hydrogen) atoms. The second kappa shape index (κ2) is 5.67. The Balaban J connectivity index is 2.78. The molecule has 0 aliphatic rings. The van der Waals surface area contributed by atoms with Gasteiger partial charge in [-0.2, -0.15) is 13.2 Å². The Kier molecular flexibility index (Phi) is 4.04. The van der Waals surface area contributed by atoms with Crippen molar-refractivity contribution >= 4 is 11.7 Å². The van der Waals surface area contributed by atoms with Crippen LogP contribution in [0.5, 0.6) is 0 Å². The van der Waals surface area contributed by atoms with Gasteiger partial charge in [0.05, 0.1) is 16.2 Å². The number of non-ortho nitro benzene ring substituents is 1. The smallest absolute Gasteiger partial charge is 0.433 e. The van der Waals surface area contributed by atoms with Gasteiger partial charge in [-0.3, -0.25) is 10.1 Å². The highest BCUT2D eigenvalue weighted by molar-refractivity contribution is 5.97. The zero-order valence-corrected chi connectivity index (χ0v) is 11.6. The molecule has 0 bridgehead atoms. The summed E-state index contributed by atoms with van der Waals surface area (Å²) >= 11 is 0. The van der Waals surface area contributed by atoms with Crippen LogP contribution in [0.2, 0.25) is 0 Å². The third kappa shape index (κ3) is 3.28. The minimum atomic E-state index is -4.77. The Morgan fingerprint density at radius 1 is 1.30 bits per heavy atom. The molecule has 120 valence electrons. The van der Waals surface area contributed by atoms with E-state index < -0.39 is 28.3 Å². The van der Waals surface area contributed by atoms with Crippen LogP contribution in [0.25, 0.3) is 11.1 Å². The van der Waals surface area contributed by atoms with Crippen LogP contribution in [-0.2, 0) is 6.18 Å². The van der Waals surface area contributed by atoms with E-state index in [2.05, 4.69) is 4.98 Å². The number of carboxylic acids is 1. The number of hydrogen-bond acceptors (Lipinski definition) is 4. The molecule has 1 N–H and O–H groups in total. The van der Waals surface area contributed by atoms with Crippen LogP contribution < -0.4 is 0 Å². The number of aromatic carboxylic acids is 1. The Morgan fingerprint density at radius 3 is 2.48 bits per heavy atom. The maximum atomic E-state index is 12.9. The number of nitrogens with zero attached hydrogens (tertiary/aromatic N) is 2. The monoisotopic (exact) mass is 326 g/mol. The molecule has 0 spiro atoms. The Morgan fingerprint density at radius 2 is 1.96 bits per heavy atom. The van der Waals surface area contributed by atoms with E-state index in [4.69, 9.17) is 0 Å². The van der Waals surface area contributed by atoms with Gasteiger partial charge in [-0.05, 0) is 18.6 Å². The van der Waals surface area contributed by atoms with Crippen molar-refractivity contribution in [1.82, 2.24) is 4.98 Å². The Labute approximate surface area is 127 Å². The number of aromatic nitrogens is 1. The number of carbonyl (C=O) groups is 1. The quantitative estimate of drug-likeness (QED) is 0.686. The number of aryl methyl sites for hydroxylation is 1. The predicted molar refractivity (Wildman–Crippen MR) is 73.0 cm³/mol. The van der Waals surface area contributed by atoms with Gasteiger partial charge in [-0.15, -0.1) is 0 Å². The van der Waals surface area contributed by atoms with Gasteiger partial charge in [0, 0.05) is 17.7 Å². The average Bonchev–Trinajstić information content (AvgIpc) is 2.45. The third-order valence-electron chi connectivity index (χ3n) is 3.07. The van der Waals surface area contributed by atoms with Crippen molar-refractivity contribution in [2.75, 3.05) is 0 Å². The molecule has 0 amide bonds. The maximum Gasteiger partial charge on any atom is 0.433 e. The Bertz CT molecular complexity index is 803. The van der Waals surface area contributed by atoms with Gasteiger partial charge in [0.2, 0.25) is 0 Å². The van der Waals surface area contributed by atoms with Crippen molar-refractivity contribution in [2.24, 2.45) is 0 Å². The largest absolute Gasteiger partial charge is 0.478 e. The highest BCUT2D eigenvalue weighted by Crippen LogP contribution is 2.34. The third-order valence-corrected chi connectivity index (χ3v) is 3.07. The van der Waals surface area contributed by atoms with E-state index in [1.165, 1.54) is 12.1 Å². The first-order chi connectivity index (χ1) is 10.6. The van der Waals surface area contributed by atoms with E-state index in [-0.39, 0.29) is 22.5 Å². The molecule has 1 aromatic heterocycles. The van der Waals surface area contributed by atoms with Crippen molar-refractivity contribution in [3.05, 3.63) is 57.4 Å². The second-order valence-electron chi connectivity index (χ2n) is 4.63. The molecule has 1 heterocycles. The molecular weight excluding hydrogens is 317 g/mol. The molecule has 2 aromatic rings. The minimum Gasteiger partial charge on any atom is -0.478 e. The fraction of sp³-hybridized carbons (Fsp3) is 0.143. The predicted octanol–water partition coefficient (Wildman–Crippen LogP) is 3.68. The van der Waals surface area contributed by atoms with Gasteiger partial charge in [0.15, 0.2) is 0 Å². The zero-order valence-electron chi connectivity index (χ0n) is 11.6. The lowest BCUT2D eigenvalue weighted by atomic mass is 9.97. The van der Waals surface area contributed by atoms with Crippen LogP contribution in [0.3, 0.4) is 0 Å². The molecule has 0 unspecified atom stereocenters. The SMILES string of the molecule is Cc1nc(C(F)(F)F)cc(-c2cccc([N+](=O)[O-])c2)c1C(=O)O. The molecule has 0 aliphatic heterocycles. The van der Waals surface area contributed by atoms with Crippen LogP contribution in [0.4, 0.5) is 18.9 Å². The van der Waals surface area contributed by atoms with Crippen molar-refractivity contribution in [2.45, 2.75) is 13.1 Å². The molecule has 0 aliphatic carbocycles. The fourth-order valence-corrected chi connectivity index (χ4v) is 2.10. The van der Waals surface area contributed by atoms with Gasteiger partial charge in [-0.25, -0.2) is 9.78 Å². The lowest BCUT2D eigenvalue weighted by molar-refractivity contribution is -0.384. The summed E-state index contributed by atoms with van der Waals surface area (Å²) in [6, 6.07) is 5.32. The van der Waals surface area contributed by atoms with Crippen molar-refractivity contribution in [1.29, 1.82) is 0 Å². The van der Waals surface area contributed by atoms with E-state index >= 15 is 0 Å². The molecule has 2 rings (SSSR count). The summed E-state index contributed by atoms with van der Waals surface area (Å²) in [7, 11) is 0. The van der Waals surface area contributed by atoms with Crippen molar-refractivity contribution in [3.8, 4) is 11.1 Å². The van der Waals surface area contributed by atoms with Gasteiger partial charge < -0.3 is 5.11 Å². The van der Waals surface area contributed by atoms with E-state index in [1.807, 2.05) is 0 Å². The number of nitro benzene ring substituents is 1. The van der Waals surface area contributed by atoms with E-state index in [1.54, 1.807) is 0 Å². The number of carboxylic acid groups (broad SMARTS) is 1. The number of nitro groups is 1. The number of alkyl halides is 3. The molecule has 0 atom stereocenters. The van der Waals surface area contributed by atoms with Gasteiger partial charge in [0.25, 0.3) is 5.69 Å². The second-order valence-corrected chi connectivity index (χ2v) is 4.63. The number of rotatable bonds is 3. The normalized spacial score (nSPS) is 11.3. The molecule has 0 saturated carbocycles. The van der Waals surface area contributed by atoms with Crippen LogP contribution in [0.15, 0.2) is 30.3 Å². The van der Waals surface area contributed by atoms with Crippen LogP contribution in [0, 0.1) is 17.0 Å². The highest BCUT2D eigenvalue weighted by Gasteiger charge is 2.34. The number of pyridine rings is 1. The topological polar surface area (TPSA) is 93.3 Å². The fourth-order valence-electron chi connectivity index (χ4n) is 2.10. The highest BCUT2D eigenvalue weighted by atomic mass is 19.4.